The molecule has 0 fully saturated rings. The van der Waals surface area contributed by atoms with Gasteiger partial charge < -0.3 is 14.6 Å². The second-order valence-electron chi connectivity index (χ2n) is 5.65. The maximum atomic E-state index is 11.9. The monoisotopic (exact) mass is 367 g/mol. The zero-order valence-electron chi connectivity index (χ0n) is 14.1. The Hall–Kier alpha value is -2.97. The zero-order chi connectivity index (χ0) is 18.4. The summed E-state index contributed by atoms with van der Waals surface area (Å²) >= 11 is 5.81. The number of hydrogen-bond donors (Lipinski definition) is 1. The molecule has 1 aromatic heterocycles. The number of imidazole rings is 1. The van der Waals surface area contributed by atoms with E-state index >= 15 is 0 Å². The lowest BCUT2D eigenvalue weighted by atomic mass is 10.3. The molecule has 1 heterocycles. The van der Waals surface area contributed by atoms with Gasteiger partial charge in [0.2, 0.25) is 0 Å². The number of benzene rings is 2. The molecular formula is C20H18ClN3O2. The molecule has 26 heavy (non-hydrogen) atoms. The first-order valence-electron chi connectivity index (χ1n) is 8.20. The van der Waals surface area contributed by atoms with Crippen LogP contribution in [0.25, 0.3) is 11.0 Å². The first-order valence-corrected chi connectivity index (χ1v) is 8.58. The van der Waals surface area contributed by atoms with Crippen LogP contribution in [0.2, 0.25) is 5.02 Å². The summed E-state index contributed by atoms with van der Waals surface area (Å²) in [5.41, 5.74) is 1.90. The lowest BCUT2D eigenvalue weighted by Crippen LogP contribution is -2.31. The summed E-state index contributed by atoms with van der Waals surface area (Å²) in [5.74, 6) is 3.90. The Labute approximate surface area is 156 Å². The summed E-state index contributed by atoms with van der Waals surface area (Å²) in [6.45, 7) is 0.850. The van der Waals surface area contributed by atoms with Crippen LogP contribution in [0.4, 0.5) is 0 Å². The number of nitrogens with one attached hydrogen (secondary N) is 1. The number of amides is 1. The van der Waals surface area contributed by atoms with E-state index in [-0.39, 0.29) is 12.5 Å². The van der Waals surface area contributed by atoms with Gasteiger partial charge in [-0.05, 0) is 36.4 Å². The Kier molecular flexibility index (Phi) is 5.77. The third-order valence-corrected chi connectivity index (χ3v) is 4.09. The van der Waals surface area contributed by atoms with Gasteiger partial charge in [-0.15, -0.1) is 6.42 Å². The van der Waals surface area contributed by atoms with Crippen molar-refractivity contribution >= 4 is 28.5 Å². The van der Waals surface area contributed by atoms with E-state index in [0.717, 1.165) is 16.9 Å². The van der Waals surface area contributed by atoms with E-state index in [4.69, 9.17) is 22.8 Å². The van der Waals surface area contributed by atoms with Crippen LogP contribution in [0, 0.1) is 12.3 Å². The Morgan fingerprint density at radius 3 is 2.77 bits per heavy atom. The van der Waals surface area contributed by atoms with Gasteiger partial charge in [0, 0.05) is 18.0 Å². The average molecular weight is 368 g/mol. The molecule has 0 radical (unpaired) electrons. The second-order valence-corrected chi connectivity index (χ2v) is 6.09. The van der Waals surface area contributed by atoms with Gasteiger partial charge in [-0.25, -0.2) is 4.98 Å². The molecule has 0 saturated heterocycles. The highest BCUT2D eigenvalue weighted by molar-refractivity contribution is 6.30. The molecule has 1 amide bonds. The molecule has 1 N–H and O–H groups in total. The van der Waals surface area contributed by atoms with Crippen molar-refractivity contribution < 1.29 is 9.53 Å². The maximum Gasteiger partial charge on any atom is 0.257 e. The van der Waals surface area contributed by atoms with Crippen LogP contribution in [0.5, 0.6) is 5.75 Å². The molecule has 2 aromatic carbocycles. The van der Waals surface area contributed by atoms with E-state index < -0.39 is 0 Å². The predicted octanol–water partition coefficient (Wildman–Crippen LogP) is 3.06. The fraction of sp³-hybridized carbons (Fsp3) is 0.200. The Morgan fingerprint density at radius 1 is 1.23 bits per heavy atom. The summed E-state index contributed by atoms with van der Waals surface area (Å²) in [5, 5.41) is 3.45. The summed E-state index contributed by atoms with van der Waals surface area (Å²) in [4.78, 5) is 16.5. The van der Waals surface area contributed by atoms with Gasteiger partial charge in [-0.2, -0.15) is 0 Å². The highest BCUT2D eigenvalue weighted by Gasteiger charge is 2.10. The van der Waals surface area contributed by atoms with Gasteiger partial charge in [0.1, 0.15) is 11.6 Å². The number of nitrogens with zero attached hydrogens (tertiary/aromatic N) is 2. The third kappa shape index (κ3) is 4.35. The van der Waals surface area contributed by atoms with Crippen LogP contribution in [0.1, 0.15) is 5.82 Å². The van der Waals surface area contributed by atoms with Crippen LogP contribution in [0.3, 0.4) is 0 Å². The minimum Gasteiger partial charge on any atom is -0.484 e. The summed E-state index contributed by atoms with van der Waals surface area (Å²) in [6, 6.07) is 14.7. The van der Waals surface area contributed by atoms with Crippen LogP contribution in [-0.2, 0) is 17.8 Å². The Morgan fingerprint density at radius 2 is 2.00 bits per heavy atom. The number of rotatable bonds is 7. The van der Waals surface area contributed by atoms with Gasteiger partial charge in [0.05, 0.1) is 17.6 Å². The molecule has 5 nitrogen and oxygen atoms in total. The molecular weight excluding hydrogens is 350 g/mol. The van der Waals surface area contributed by atoms with Gasteiger partial charge >= 0.3 is 0 Å². The number of carbonyl (C=O) groups excluding carboxylic acids is 1. The lowest BCUT2D eigenvalue weighted by Gasteiger charge is -2.08. The van der Waals surface area contributed by atoms with Crippen LogP contribution >= 0.6 is 11.6 Å². The fourth-order valence-corrected chi connectivity index (χ4v) is 2.75. The number of para-hydroxylation sites is 2. The van der Waals surface area contributed by atoms with Crippen molar-refractivity contribution in [2.45, 2.75) is 13.0 Å². The van der Waals surface area contributed by atoms with Crippen molar-refractivity contribution in [3.8, 4) is 18.1 Å². The predicted molar refractivity (Wildman–Crippen MR) is 102 cm³/mol. The van der Waals surface area contributed by atoms with E-state index in [1.807, 2.05) is 28.8 Å². The van der Waals surface area contributed by atoms with E-state index in [0.29, 0.717) is 30.3 Å². The van der Waals surface area contributed by atoms with E-state index in [9.17, 15) is 4.79 Å². The van der Waals surface area contributed by atoms with Crippen molar-refractivity contribution in [1.29, 1.82) is 0 Å². The molecule has 0 aliphatic heterocycles. The molecule has 0 atom stereocenters. The van der Waals surface area contributed by atoms with Crippen molar-refractivity contribution in [2.24, 2.45) is 0 Å². The van der Waals surface area contributed by atoms with Crippen molar-refractivity contribution in [3.63, 3.8) is 0 Å². The van der Waals surface area contributed by atoms with E-state index in [2.05, 4.69) is 16.2 Å². The molecule has 132 valence electrons. The second kappa shape index (κ2) is 8.41. The highest BCUT2D eigenvalue weighted by atomic mass is 35.5. The third-order valence-electron chi connectivity index (χ3n) is 3.84. The largest absolute Gasteiger partial charge is 0.484 e. The smallest absolute Gasteiger partial charge is 0.257 e. The number of terminal acetylenes is 1. The number of carbonyl (C=O) groups is 1. The number of fused-ring (bicyclic) bond motifs is 1. The van der Waals surface area contributed by atoms with Gasteiger partial charge in [-0.1, -0.05) is 29.7 Å². The topological polar surface area (TPSA) is 56.2 Å². The van der Waals surface area contributed by atoms with Crippen molar-refractivity contribution in [1.82, 2.24) is 14.9 Å². The number of aromatic nitrogens is 2. The maximum absolute atomic E-state index is 11.9. The van der Waals surface area contributed by atoms with Crippen LogP contribution in [0.15, 0.2) is 48.5 Å². The van der Waals surface area contributed by atoms with Gasteiger partial charge in [0.15, 0.2) is 6.61 Å². The molecule has 0 aliphatic carbocycles. The van der Waals surface area contributed by atoms with Gasteiger partial charge in [0.25, 0.3) is 5.91 Å². The molecule has 0 spiro atoms. The molecule has 0 bridgehead atoms. The minimum atomic E-state index is -0.195. The Bertz CT molecular complexity index is 942. The van der Waals surface area contributed by atoms with Gasteiger partial charge in [-0.3, -0.25) is 4.79 Å². The Balaban J connectivity index is 1.53. The van der Waals surface area contributed by atoms with Crippen molar-refractivity contribution in [2.75, 3.05) is 13.2 Å². The fourth-order valence-electron chi connectivity index (χ4n) is 2.63. The first-order chi connectivity index (χ1) is 12.7. The molecule has 3 rings (SSSR count). The quantitative estimate of drug-likeness (QED) is 0.653. The normalized spacial score (nSPS) is 10.5. The highest BCUT2D eigenvalue weighted by Crippen LogP contribution is 2.16. The lowest BCUT2D eigenvalue weighted by molar-refractivity contribution is -0.123. The first kappa shape index (κ1) is 17.8. The van der Waals surface area contributed by atoms with Crippen LogP contribution in [-0.4, -0.2) is 28.6 Å². The zero-order valence-corrected chi connectivity index (χ0v) is 14.9. The standard InChI is InChI=1S/C20H18ClN3O2/c1-2-13-24-18-6-4-3-5-17(18)23-19(24)11-12-22-20(25)14-26-16-9-7-15(21)8-10-16/h1,3-10H,11-14H2,(H,22,25). The molecule has 6 heteroatoms. The van der Waals surface area contributed by atoms with Crippen molar-refractivity contribution in [3.05, 3.63) is 59.4 Å². The number of ether oxygens (including phenoxy) is 1. The summed E-state index contributed by atoms with van der Waals surface area (Å²) < 4.78 is 7.41. The van der Waals surface area contributed by atoms with E-state index in [1.54, 1.807) is 24.3 Å². The average Bonchev–Trinajstić information content (AvgIpc) is 2.99. The summed E-state index contributed by atoms with van der Waals surface area (Å²) in [6.07, 6.45) is 6.05. The molecule has 0 unspecified atom stereocenters. The SMILES string of the molecule is C#CCn1c(CCNC(=O)COc2ccc(Cl)cc2)nc2ccccc21. The molecule has 0 aliphatic rings. The summed E-state index contributed by atoms with van der Waals surface area (Å²) in [7, 11) is 0. The minimum absolute atomic E-state index is 0.0532. The molecule has 0 saturated carbocycles. The number of halogens is 1. The van der Waals surface area contributed by atoms with E-state index in [1.165, 1.54) is 0 Å². The van der Waals surface area contributed by atoms with Crippen LogP contribution < -0.4 is 10.1 Å². The molecule has 3 aromatic rings. The number of hydrogen-bond acceptors (Lipinski definition) is 3.